The van der Waals surface area contributed by atoms with Gasteiger partial charge < -0.3 is 14.8 Å². The topological polar surface area (TPSA) is 112 Å². The molecule has 0 saturated carbocycles. The van der Waals surface area contributed by atoms with Gasteiger partial charge in [-0.3, -0.25) is 18.2 Å². The van der Waals surface area contributed by atoms with Crippen molar-refractivity contribution in [2.24, 2.45) is 14.1 Å². The second-order valence-corrected chi connectivity index (χ2v) is 9.19. The first-order valence-corrected chi connectivity index (χ1v) is 11.8. The number of methoxy groups -OCH3 is 1. The number of carbonyl (C=O) groups excluding carboxylic acids is 1. The zero-order valence-electron chi connectivity index (χ0n) is 19.1. The summed E-state index contributed by atoms with van der Waals surface area (Å²) in [6, 6.07) is 10.9. The van der Waals surface area contributed by atoms with Gasteiger partial charge in [0.05, 0.1) is 34.8 Å². The SMILES string of the molecule is CCOc1ccc(N(CC(=O)NCCOC)S(=O)(=O)c2ccc3c(c2)n(C)c(=O)n3C)cc1. The number of ether oxygens (including phenoxy) is 2. The van der Waals surface area contributed by atoms with Crippen LogP contribution in [0.5, 0.6) is 5.75 Å². The van der Waals surface area contributed by atoms with Crippen LogP contribution in [0.4, 0.5) is 5.69 Å². The highest BCUT2D eigenvalue weighted by atomic mass is 32.2. The van der Waals surface area contributed by atoms with Gasteiger partial charge in [0, 0.05) is 27.7 Å². The highest BCUT2D eigenvalue weighted by molar-refractivity contribution is 7.92. The summed E-state index contributed by atoms with van der Waals surface area (Å²) < 4.78 is 41.5. The van der Waals surface area contributed by atoms with Crippen LogP contribution in [0.25, 0.3) is 11.0 Å². The van der Waals surface area contributed by atoms with E-state index >= 15 is 0 Å². The summed E-state index contributed by atoms with van der Waals surface area (Å²) in [6.07, 6.45) is 0. The van der Waals surface area contributed by atoms with Crippen LogP contribution in [-0.4, -0.2) is 56.9 Å². The maximum Gasteiger partial charge on any atom is 0.328 e. The van der Waals surface area contributed by atoms with E-state index in [1.807, 2.05) is 6.92 Å². The molecule has 1 heterocycles. The zero-order chi connectivity index (χ0) is 24.2. The first-order valence-electron chi connectivity index (χ1n) is 10.4. The monoisotopic (exact) mass is 476 g/mol. The highest BCUT2D eigenvalue weighted by Crippen LogP contribution is 2.27. The van der Waals surface area contributed by atoms with E-state index in [0.29, 0.717) is 35.7 Å². The molecule has 0 bridgehead atoms. The van der Waals surface area contributed by atoms with Gasteiger partial charge in [0.1, 0.15) is 12.3 Å². The molecule has 3 rings (SSSR count). The van der Waals surface area contributed by atoms with E-state index in [0.717, 1.165) is 4.31 Å². The Bertz CT molecular complexity index is 1290. The van der Waals surface area contributed by atoms with Crippen molar-refractivity contribution in [3.05, 3.63) is 52.9 Å². The number of hydrogen-bond donors (Lipinski definition) is 1. The van der Waals surface area contributed by atoms with Crippen molar-refractivity contribution in [3.63, 3.8) is 0 Å². The molecule has 0 aliphatic carbocycles. The number of benzene rings is 2. The van der Waals surface area contributed by atoms with Crippen LogP contribution < -0.4 is 20.0 Å². The molecule has 11 heteroatoms. The second-order valence-electron chi connectivity index (χ2n) is 7.33. The van der Waals surface area contributed by atoms with Crippen LogP contribution >= 0.6 is 0 Å². The number of fused-ring (bicyclic) bond motifs is 1. The molecule has 0 fully saturated rings. The Kier molecular flexibility index (Phi) is 7.44. The number of nitrogens with one attached hydrogen (secondary N) is 1. The normalized spacial score (nSPS) is 11.5. The van der Waals surface area contributed by atoms with Gasteiger partial charge in [0.15, 0.2) is 0 Å². The van der Waals surface area contributed by atoms with E-state index in [2.05, 4.69) is 5.32 Å². The zero-order valence-corrected chi connectivity index (χ0v) is 19.9. The third-order valence-corrected chi connectivity index (χ3v) is 6.95. The van der Waals surface area contributed by atoms with Crippen LogP contribution in [0.15, 0.2) is 52.2 Å². The molecule has 178 valence electrons. The van der Waals surface area contributed by atoms with E-state index in [1.165, 1.54) is 28.4 Å². The third kappa shape index (κ3) is 5.04. The number of hydrogen-bond acceptors (Lipinski definition) is 6. The lowest BCUT2D eigenvalue weighted by molar-refractivity contribution is -0.119. The lowest BCUT2D eigenvalue weighted by Crippen LogP contribution is -2.41. The number of aryl methyl sites for hydroxylation is 2. The Balaban J connectivity index is 2.04. The van der Waals surface area contributed by atoms with Gasteiger partial charge in [-0.15, -0.1) is 0 Å². The second kappa shape index (κ2) is 10.1. The van der Waals surface area contributed by atoms with Gasteiger partial charge in [-0.2, -0.15) is 0 Å². The minimum absolute atomic E-state index is 0.0326. The Morgan fingerprint density at radius 2 is 1.73 bits per heavy atom. The van der Waals surface area contributed by atoms with E-state index < -0.39 is 22.5 Å². The maximum absolute atomic E-state index is 13.7. The molecular weight excluding hydrogens is 448 g/mol. The number of nitrogens with zero attached hydrogens (tertiary/aromatic N) is 3. The first-order chi connectivity index (χ1) is 15.7. The summed E-state index contributed by atoms with van der Waals surface area (Å²) in [7, 11) is 0.567. The first kappa shape index (κ1) is 24.3. The largest absolute Gasteiger partial charge is 0.494 e. The predicted molar refractivity (Wildman–Crippen MR) is 125 cm³/mol. The lowest BCUT2D eigenvalue weighted by atomic mass is 10.3. The molecule has 0 radical (unpaired) electrons. The highest BCUT2D eigenvalue weighted by Gasteiger charge is 2.28. The molecule has 2 aromatic carbocycles. The van der Waals surface area contributed by atoms with Crippen molar-refractivity contribution in [2.75, 3.05) is 37.7 Å². The standard InChI is InChI=1S/C22H28N4O6S/c1-5-32-17-8-6-16(7-9-17)26(15-21(27)23-12-13-31-4)33(29,30)18-10-11-19-20(14-18)25(3)22(28)24(19)2/h6-11,14H,5,12-13,15H2,1-4H3,(H,23,27). The molecule has 0 unspecified atom stereocenters. The Morgan fingerprint density at radius 3 is 2.36 bits per heavy atom. The van der Waals surface area contributed by atoms with Gasteiger partial charge in [-0.1, -0.05) is 0 Å². The molecule has 0 atom stereocenters. The average molecular weight is 477 g/mol. The van der Waals surface area contributed by atoms with Crippen molar-refractivity contribution in [1.82, 2.24) is 14.5 Å². The lowest BCUT2D eigenvalue weighted by Gasteiger charge is -2.24. The summed E-state index contributed by atoms with van der Waals surface area (Å²) in [5.74, 6) is 0.113. The molecule has 1 N–H and O–H groups in total. The maximum atomic E-state index is 13.7. The summed E-state index contributed by atoms with van der Waals surface area (Å²) in [4.78, 5) is 24.7. The number of anilines is 1. The molecule has 1 aromatic heterocycles. The van der Waals surface area contributed by atoms with Gasteiger partial charge in [0.25, 0.3) is 10.0 Å². The fourth-order valence-corrected chi connectivity index (χ4v) is 4.89. The van der Waals surface area contributed by atoms with Gasteiger partial charge >= 0.3 is 5.69 Å². The van der Waals surface area contributed by atoms with Crippen LogP contribution in [0.2, 0.25) is 0 Å². The quantitative estimate of drug-likeness (QED) is 0.441. The van der Waals surface area contributed by atoms with Crippen molar-refractivity contribution in [2.45, 2.75) is 11.8 Å². The van der Waals surface area contributed by atoms with Crippen molar-refractivity contribution < 1.29 is 22.7 Å². The van der Waals surface area contributed by atoms with E-state index in [4.69, 9.17) is 9.47 Å². The van der Waals surface area contributed by atoms with Crippen LogP contribution in [0.3, 0.4) is 0 Å². The molecule has 33 heavy (non-hydrogen) atoms. The molecule has 3 aromatic rings. The Morgan fingerprint density at radius 1 is 1.06 bits per heavy atom. The van der Waals surface area contributed by atoms with Crippen molar-refractivity contribution >= 4 is 32.7 Å². The van der Waals surface area contributed by atoms with Crippen molar-refractivity contribution in [1.29, 1.82) is 0 Å². The fraction of sp³-hybridized carbons (Fsp3) is 0.364. The summed E-state index contributed by atoms with van der Waals surface area (Å²) in [5.41, 5.74) is 1.12. The molecule has 0 spiro atoms. The van der Waals surface area contributed by atoms with E-state index in [-0.39, 0.29) is 17.1 Å². The minimum atomic E-state index is -4.14. The summed E-state index contributed by atoms with van der Waals surface area (Å²) in [6.45, 7) is 2.46. The molecule has 0 aliphatic heterocycles. The van der Waals surface area contributed by atoms with E-state index in [1.54, 1.807) is 44.4 Å². The molecule has 10 nitrogen and oxygen atoms in total. The number of aromatic nitrogens is 2. The number of sulfonamides is 1. The number of rotatable bonds is 10. The van der Waals surface area contributed by atoms with Gasteiger partial charge in [-0.05, 0) is 49.4 Å². The summed E-state index contributed by atoms with van der Waals surface area (Å²) >= 11 is 0. The van der Waals surface area contributed by atoms with Crippen molar-refractivity contribution in [3.8, 4) is 5.75 Å². The number of amides is 1. The van der Waals surface area contributed by atoms with Crippen LogP contribution in [0.1, 0.15) is 6.92 Å². The number of imidazole rings is 1. The van der Waals surface area contributed by atoms with E-state index in [9.17, 15) is 18.0 Å². The van der Waals surface area contributed by atoms with Gasteiger partial charge in [0.2, 0.25) is 5.91 Å². The number of carbonyl (C=O) groups is 1. The van der Waals surface area contributed by atoms with Crippen LogP contribution in [-0.2, 0) is 33.7 Å². The minimum Gasteiger partial charge on any atom is -0.494 e. The van der Waals surface area contributed by atoms with Crippen LogP contribution in [0, 0.1) is 0 Å². The van der Waals surface area contributed by atoms with Gasteiger partial charge in [-0.25, -0.2) is 13.2 Å². The smallest absolute Gasteiger partial charge is 0.328 e. The molecule has 1 amide bonds. The molecule has 0 aliphatic rings. The third-order valence-electron chi connectivity index (χ3n) is 5.18. The molecular formula is C22H28N4O6S. The summed E-state index contributed by atoms with van der Waals surface area (Å²) in [5, 5.41) is 2.65. The Labute approximate surface area is 192 Å². The Hall–Kier alpha value is -3.31. The molecule has 0 saturated heterocycles. The predicted octanol–water partition coefficient (Wildman–Crippen LogP) is 1.23. The fourth-order valence-electron chi connectivity index (χ4n) is 3.44. The average Bonchev–Trinajstić information content (AvgIpc) is 3.02.